The first-order chi connectivity index (χ1) is 17.5. The lowest BCUT2D eigenvalue weighted by molar-refractivity contribution is -0.385. The van der Waals surface area contributed by atoms with E-state index in [1.165, 1.54) is 38.5 Å². The summed E-state index contributed by atoms with van der Waals surface area (Å²) in [5, 5.41) is 14.9. The van der Waals surface area contributed by atoms with Gasteiger partial charge in [0, 0.05) is 34.5 Å². The lowest BCUT2D eigenvalue weighted by Gasteiger charge is -2.33. The Kier molecular flexibility index (Phi) is 6.89. The van der Waals surface area contributed by atoms with E-state index in [1.54, 1.807) is 6.07 Å². The number of hydrogen-bond donors (Lipinski definition) is 1. The number of allylic oxidation sites excluding steroid dienone is 1. The van der Waals surface area contributed by atoms with Crippen LogP contribution in [0.5, 0.6) is 11.5 Å². The fraction of sp³-hybridized carbons (Fsp3) is 0.250. The van der Waals surface area contributed by atoms with E-state index in [0.717, 1.165) is 22.9 Å². The molecule has 0 unspecified atom stereocenters. The number of benzene rings is 3. The van der Waals surface area contributed by atoms with Crippen molar-refractivity contribution in [2.24, 2.45) is 0 Å². The van der Waals surface area contributed by atoms with Gasteiger partial charge in [0.15, 0.2) is 5.75 Å². The number of methoxy groups -OCH3 is 2. The van der Waals surface area contributed by atoms with Crippen LogP contribution in [0.1, 0.15) is 42.3 Å². The largest absolute Gasteiger partial charge is 0.496 e. The summed E-state index contributed by atoms with van der Waals surface area (Å²) < 4.78 is 30.1. The summed E-state index contributed by atoms with van der Waals surface area (Å²) in [6.07, 6.45) is 2.08. The van der Waals surface area contributed by atoms with E-state index in [9.17, 15) is 19.3 Å². The van der Waals surface area contributed by atoms with Crippen molar-refractivity contribution in [3.05, 3.63) is 87.2 Å². The maximum Gasteiger partial charge on any atom is 0.338 e. The molecule has 3 aromatic carbocycles. The van der Waals surface area contributed by atoms with Gasteiger partial charge in [0.05, 0.1) is 30.2 Å². The number of ether oxygens (including phenoxy) is 3. The molecule has 0 fully saturated rings. The van der Waals surface area contributed by atoms with Gasteiger partial charge in [0.1, 0.15) is 18.2 Å². The number of fused-ring (bicyclic) bond motifs is 1. The number of hydrogen-bond acceptors (Lipinski definition) is 7. The Morgan fingerprint density at radius 3 is 2.41 bits per heavy atom. The van der Waals surface area contributed by atoms with Gasteiger partial charge in [0.2, 0.25) is 0 Å². The molecule has 3 aromatic rings. The molecule has 0 saturated carbocycles. The molecule has 1 aliphatic rings. The van der Waals surface area contributed by atoms with Gasteiger partial charge in [-0.2, -0.15) is 0 Å². The summed E-state index contributed by atoms with van der Waals surface area (Å²) in [7, 11) is 2.78. The number of rotatable bonds is 7. The summed E-state index contributed by atoms with van der Waals surface area (Å²) in [6, 6.07) is 12.0. The summed E-state index contributed by atoms with van der Waals surface area (Å²) in [6.45, 7) is 5.94. The molecule has 4 rings (SSSR count). The predicted octanol–water partition coefficient (Wildman–Crippen LogP) is 6.38. The molecule has 192 valence electrons. The average molecular weight is 507 g/mol. The number of nitro groups is 1. The van der Waals surface area contributed by atoms with E-state index >= 15 is 0 Å². The molecular formula is C28H27FN2O6. The Hall–Kier alpha value is -4.40. The Labute approximate surface area is 213 Å². The molecule has 0 saturated heterocycles. The fourth-order valence-corrected chi connectivity index (χ4v) is 4.67. The lowest BCUT2D eigenvalue weighted by Crippen LogP contribution is -2.32. The Morgan fingerprint density at radius 2 is 1.73 bits per heavy atom. The van der Waals surface area contributed by atoms with Crippen LogP contribution >= 0.6 is 0 Å². The molecule has 0 radical (unpaired) electrons. The van der Waals surface area contributed by atoms with E-state index in [1.807, 2.05) is 32.9 Å². The van der Waals surface area contributed by atoms with Crippen molar-refractivity contribution in [3.8, 4) is 22.6 Å². The number of nitrogens with one attached hydrogen (secondary N) is 1. The molecular weight excluding hydrogens is 479 g/mol. The van der Waals surface area contributed by atoms with Gasteiger partial charge in [-0.05, 0) is 62.2 Å². The van der Waals surface area contributed by atoms with Gasteiger partial charge in [-0.25, -0.2) is 9.18 Å². The van der Waals surface area contributed by atoms with Crippen molar-refractivity contribution >= 4 is 22.9 Å². The smallest absolute Gasteiger partial charge is 0.338 e. The molecule has 8 nitrogen and oxygen atoms in total. The first-order valence-electron chi connectivity index (χ1n) is 11.5. The molecule has 1 N–H and O–H groups in total. The normalized spacial score (nSPS) is 13.6. The standard InChI is InChI=1S/C28H27FN2O6/c1-16-14-28(2,3)30-22-10-9-19(20-8-7-18(29)13-25(20)36-5)21(26(16)22)15-37-27(32)17-6-11-24(35-4)23(12-17)31(33)34/h6-14,30H,15H2,1-5H3. The number of nitrogens with zero attached hydrogens (tertiary/aromatic N) is 1. The van der Waals surface area contributed by atoms with Gasteiger partial charge < -0.3 is 19.5 Å². The van der Waals surface area contributed by atoms with Crippen molar-refractivity contribution in [1.82, 2.24) is 0 Å². The van der Waals surface area contributed by atoms with E-state index < -0.39 is 16.7 Å². The molecule has 9 heteroatoms. The second-order valence-electron chi connectivity index (χ2n) is 9.25. The third kappa shape index (κ3) is 5.11. The topological polar surface area (TPSA) is 99.9 Å². The van der Waals surface area contributed by atoms with Crippen molar-refractivity contribution in [1.29, 1.82) is 0 Å². The Balaban J connectivity index is 1.78. The van der Waals surface area contributed by atoms with Crippen molar-refractivity contribution in [2.75, 3.05) is 19.5 Å². The maximum absolute atomic E-state index is 13.9. The van der Waals surface area contributed by atoms with Crippen LogP contribution in [-0.4, -0.2) is 30.7 Å². The Morgan fingerprint density at radius 1 is 1.03 bits per heavy atom. The van der Waals surface area contributed by atoms with Crippen LogP contribution in [-0.2, 0) is 11.3 Å². The maximum atomic E-state index is 13.9. The predicted molar refractivity (Wildman–Crippen MR) is 139 cm³/mol. The van der Waals surface area contributed by atoms with Gasteiger partial charge >= 0.3 is 11.7 Å². The second kappa shape index (κ2) is 9.93. The Bertz CT molecular complexity index is 1430. The quantitative estimate of drug-likeness (QED) is 0.225. The van der Waals surface area contributed by atoms with Crippen LogP contribution in [0.4, 0.5) is 15.8 Å². The summed E-state index contributed by atoms with van der Waals surface area (Å²) in [5.41, 5.74) is 4.12. The van der Waals surface area contributed by atoms with E-state index in [-0.39, 0.29) is 29.1 Å². The summed E-state index contributed by atoms with van der Waals surface area (Å²) in [4.78, 5) is 23.7. The zero-order valence-corrected chi connectivity index (χ0v) is 21.2. The van der Waals surface area contributed by atoms with Gasteiger partial charge in [0.25, 0.3) is 0 Å². The molecule has 0 aliphatic carbocycles. The number of anilines is 1. The zero-order valence-electron chi connectivity index (χ0n) is 21.2. The first kappa shape index (κ1) is 25.7. The minimum Gasteiger partial charge on any atom is -0.496 e. The SMILES string of the molecule is COc1cc(F)ccc1-c1ccc2c(c1COC(=O)c1ccc(OC)c([N+](=O)[O-])c1)C(C)=CC(C)(C)N2. The summed E-state index contributed by atoms with van der Waals surface area (Å²) >= 11 is 0. The third-order valence-electron chi connectivity index (χ3n) is 6.15. The molecule has 1 aliphatic heterocycles. The van der Waals surface area contributed by atoms with Crippen LogP contribution in [0, 0.1) is 15.9 Å². The monoisotopic (exact) mass is 506 g/mol. The number of halogens is 1. The van der Waals surface area contributed by atoms with Crippen LogP contribution in [0.15, 0.2) is 54.6 Å². The van der Waals surface area contributed by atoms with Gasteiger partial charge in [-0.1, -0.05) is 12.1 Å². The minimum atomic E-state index is -0.730. The highest BCUT2D eigenvalue weighted by Crippen LogP contribution is 2.43. The summed E-state index contributed by atoms with van der Waals surface area (Å²) in [5.74, 6) is -0.791. The molecule has 0 aromatic heterocycles. The molecule has 0 bridgehead atoms. The van der Waals surface area contributed by atoms with Crippen molar-refractivity contribution in [2.45, 2.75) is 32.9 Å². The van der Waals surface area contributed by atoms with Crippen LogP contribution < -0.4 is 14.8 Å². The average Bonchev–Trinajstić information content (AvgIpc) is 2.85. The zero-order chi connectivity index (χ0) is 26.9. The highest BCUT2D eigenvalue weighted by Gasteiger charge is 2.28. The molecule has 1 heterocycles. The fourth-order valence-electron chi connectivity index (χ4n) is 4.67. The van der Waals surface area contributed by atoms with E-state index in [2.05, 4.69) is 11.4 Å². The van der Waals surface area contributed by atoms with Gasteiger partial charge in [-0.3, -0.25) is 10.1 Å². The first-order valence-corrected chi connectivity index (χ1v) is 11.5. The highest BCUT2D eigenvalue weighted by molar-refractivity contribution is 5.92. The van der Waals surface area contributed by atoms with Crippen LogP contribution in [0.25, 0.3) is 16.7 Å². The van der Waals surface area contributed by atoms with Crippen LogP contribution in [0.2, 0.25) is 0 Å². The van der Waals surface area contributed by atoms with Gasteiger partial charge in [-0.15, -0.1) is 0 Å². The number of carbonyl (C=O) groups excluding carboxylic acids is 1. The number of esters is 1. The number of nitro benzene ring substituents is 1. The van der Waals surface area contributed by atoms with E-state index in [4.69, 9.17) is 14.2 Å². The number of carbonyl (C=O) groups is 1. The molecule has 37 heavy (non-hydrogen) atoms. The third-order valence-corrected chi connectivity index (χ3v) is 6.15. The van der Waals surface area contributed by atoms with E-state index in [0.29, 0.717) is 22.4 Å². The molecule has 0 atom stereocenters. The molecule has 0 spiro atoms. The highest BCUT2D eigenvalue weighted by atomic mass is 19.1. The minimum absolute atomic E-state index is 0.0183. The molecule has 0 amide bonds. The van der Waals surface area contributed by atoms with Crippen molar-refractivity contribution in [3.63, 3.8) is 0 Å². The van der Waals surface area contributed by atoms with Crippen LogP contribution in [0.3, 0.4) is 0 Å². The lowest BCUT2D eigenvalue weighted by atomic mass is 9.85. The van der Waals surface area contributed by atoms with Crippen molar-refractivity contribution < 1.29 is 28.3 Å². The second-order valence-corrected chi connectivity index (χ2v) is 9.25.